The largest absolute Gasteiger partial charge is 0.0732 e. The minimum absolute atomic E-state index is 0.0843. The number of allylic oxidation sites excluding steroid dienone is 5. The molecule has 0 aliphatic heterocycles. The molecule has 0 saturated carbocycles. The Kier molecular flexibility index (Phi) is 7.37. The van der Waals surface area contributed by atoms with Gasteiger partial charge in [-0.3, -0.25) is 0 Å². The standard InChI is InChI=1S/C39H36Br2/c1-38(2,3)30-22-33(25-10-6-7-11-25)35-20-28-16-17-29(21-34(28)36(35)23-30)39(4,5)24-37(26-12-8-14-31(40)18-26)27-13-9-15-32(41)19-27/h6-19,21-25H,20H2,1-5H3. The number of hydrogen-bond donors (Lipinski definition) is 0. The zero-order valence-electron chi connectivity index (χ0n) is 24.4. The lowest BCUT2D eigenvalue weighted by molar-refractivity contribution is 0.589. The molecule has 0 bridgehead atoms. The number of rotatable bonds is 5. The van der Waals surface area contributed by atoms with Gasteiger partial charge in [0.25, 0.3) is 0 Å². The molecule has 6 rings (SSSR count). The van der Waals surface area contributed by atoms with Crippen LogP contribution >= 0.6 is 31.9 Å². The summed E-state index contributed by atoms with van der Waals surface area (Å²) >= 11 is 7.39. The van der Waals surface area contributed by atoms with E-state index in [2.05, 4.69) is 176 Å². The first-order valence-electron chi connectivity index (χ1n) is 14.4. The second-order valence-electron chi connectivity index (χ2n) is 13.0. The van der Waals surface area contributed by atoms with E-state index in [0.29, 0.717) is 5.92 Å². The van der Waals surface area contributed by atoms with Gasteiger partial charge in [-0.05, 0) is 97.8 Å². The minimum atomic E-state index is -0.195. The Morgan fingerprint density at radius 1 is 0.707 bits per heavy atom. The van der Waals surface area contributed by atoms with E-state index in [1.165, 1.54) is 55.6 Å². The molecule has 206 valence electrons. The van der Waals surface area contributed by atoms with Gasteiger partial charge in [0.2, 0.25) is 0 Å². The van der Waals surface area contributed by atoms with Crippen molar-refractivity contribution in [1.82, 2.24) is 0 Å². The Balaban J connectivity index is 1.49. The van der Waals surface area contributed by atoms with Crippen molar-refractivity contribution in [1.29, 1.82) is 0 Å². The molecule has 41 heavy (non-hydrogen) atoms. The Bertz CT molecular complexity index is 1680. The molecule has 0 nitrogen and oxygen atoms in total. The van der Waals surface area contributed by atoms with Gasteiger partial charge in [-0.2, -0.15) is 0 Å². The van der Waals surface area contributed by atoms with E-state index in [9.17, 15) is 0 Å². The normalized spacial score (nSPS) is 14.3. The van der Waals surface area contributed by atoms with Crippen LogP contribution in [0.5, 0.6) is 0 Å². The molecule has 0 saturated heterocycles. The van der Waals surface area contributed by atoms with E-state index in [-0.39, 0.29) is 10.8 Å². The Morgan fingerprint density at radius 2 is 1.32 bits per heavy atom. The van der Waals surface area contributed by atoms with Crippen molar-refractivity contribution in [2.75, 3.05) is 0 Å². The summed E-state index contributed by atoms with van der Waals surface area (Å²) in [6, 6.07) is 29.3. The van der Waals surface area contributed by atoms with E-state index in [4.69, 9.17) is 0 Å². The molecule has 0 spiro atoms. The van der Waals surface area contributed by atoms with Crippen molar-refractivity contribution < 1.29 is 0 Å². The molecule has 4 aromatic carbocycles. The number of fused-ring (bicyclic) bond motifs is 3. The average molecular weight is 665 g/mol. The predicted octanol–water partition coefficient (Wildman–Crippen LogP) is 11.7. The fourth-order valence-electron chi connectivity index (χ4n) is 6.16. The molecular formula is C39H36Br2. The first-order chi connectivity index (χ1) is 19.5. The molecule has 2 aliphatic carbocycles. The van der Waals surface area contributed by atoms with Gasteiger partial charge in [0.15, 0.2) is 0 Å². The van der Waals surface area contributed by atoms with Crippen LogP contribution < -0.4 is 0 Å². The van der Waals surface area contributed by atoms with Crippen LogP contribution in [-0.4, -0.2) is 0 Å². The van der Waals surface area contributed by atoms with E-state index in [1.807, 2.05) is 0 Å². The maximum absolute atomic E-state index is 3.70. The summed E-state index contributed by atoms with van der Waals surface area (Å²) in [5.74, 6) is 0.358. The lowest BCUT2D eigenvalue weighted by Crippen LogP contribution is -2.15. The van der Waals surface area contributed by atoms with Gasteiger partial charge in [0.05, 0.1) is 0 Å². The van der Waals surface area contributed by atoms with Crippen LogP contribution in [0.1, 0.15) is 79.5 Å². The Labute approximate surface area is 262 Å². The fraction of sp³-hybridized carbons (Fsp3) is 0.231. The van der Waals surface area contributed by atoms with Crippen molar-refractivity contribution in [2.45, 2.75) is 57.8 Å². The van der Waals surface area contributed by atoms with Gasteiger partial charge in [-0.15, -0.1) is 0 Å². The smallest absolute Gasteiger partial charge is 0.0208 e. The van der Waals surface area contributed by atoms with Crippen LogP contribution in [0.2, 0.25) is 0 Å². The SMILES string of the molecule is CC(C)(C)c1cc2c(c(C3C=CC=C3)c1)Cc1ccc(C(C)(C)C=C(c3cccc(Br)c3)c3cccc(Br)c3)cc1-2. The highest BCUT2D eigenvalue weighted by atomic mass is 79.9. The molecule has 0 N–H and O–H groups in total. The summed E-state index contributed by atoms with van der Waals surface area (Å²) in [7, 11) is 0. The molecule has 0 radical (unpaired) electrons. The van der Waals surface area contributed by atoms with Crippen LogP contribution in [0.15, 0.2) is 118 Å². The fourth-order valence-corrected chi connectivity index (χ4v) is 6.96. The molecular weight excluding hydrogens is 628 g/mol. The van der Waals surface area contributed by atoms with Crippen molar-refractivity contribution in [3.63, 3.8) is 0 Å². The van der Waals surface area contributed by atoms with E-state index in [1.54, 1.807) is 0 Å². The molecule has 2 aliphatic rings. The monoisotopic (exact) mass is 662 g/mol. The van der Waals surface area contributed by atoms with Crippen molar-refractivity contribution in [3.8, 4) is 11.1 Å². The molecule has 4 aromatic rings. The summed E-state index contributed by atoms with van der Waals surface area (Å²) in [5.41, 5.74) is 13.4. The Morgan fingerprint density at radius 3 is 1.90 bits per heavy atom. The lowest BCUT2D eigenvalue weighted by atomic mass is 9.79. The number of hydrogen-bond acceptors (Lipinski definition) is 0. The first-order valence-corrected chi connectivity index (χ1v) is 16.0. The quantitative estimate of drug-likeness (QED) is 0.175. The molecule has 0 unspecified atom stereocenters. The highest BCUT2D eigenvalue weighted by molar-refractivity contribution is 9.10. The molecule has 0 aromatic heterocycles. The van der Waals surface area contributed by atoms with Gasteiger partial charge >= 0.3 is 0 Å². The highest BCUT2D eigenvalue weighted by Crippen LogP contribution is 2.46. The minimum Gasteiger partial charge on any atom is -0.0732 e. The third-order valence-corrected chi connectivity index (χ3v) is 9.53. The summed E-state index contributed by atoms with van der Waals surface area (Å²) in [6.07, 6.45) is 12.5. The van der Waals surface area contributed by atoms with Gasteiger partial charge in [-0.25, -0.2) is 0 Å². The van der Waals surface area contributed by atoms with Crippen LogP contribution in [0.25, 0.3) is 16.7 Å². The van der Waals surface area contributed by atoms with E-state index >= 15 is 0 Å². The van der Waals surface area contributed by atoms with Crippen LogP contribution in [0.4, 0.5) is 0 Å². The number of halogens is 2. The van der Waals surface area contributed by atoms with E-state index in [0.717, 1.165) is 15.4 Å². The third kappa shape index (κ3) is 5.62. The maximum Gasteiger partial charge on any atom is 0.0208 e. The molecule has 2 heteroatoms. The average Bonchev–Trinajstić information content (AvgIpc) is 3.59. The van der Waals surface area contributed by atoms with E-state index < -0.39 is 0 Å². The molecule has 0 atom stereocenters. The summed E-state index contributed by atoms with van der Waals surface area (Å²) in [4.78, 5) is 0. The van der Waals surface area contributed by atoms with Crippen molar-refractivity contribution in [3.05, 3.63) is 157 Å². The summed E-state index contributed by atoms with van der Waals surface area (Å²) in [5, 5.41) is 0. The van der Waals surface area contributed by atoms with Crippen molar-refractivity contribution in [2.24, 2.45) is 0 Å². The number of benzene rings is 4. The topological polar surface area (TPSA) is 0 Å². The van der Waals surface area contributed by atoms with Crippen LogP contribution in [0.3, 0.4) is 0 Å². The van der Waals surface area contributed by atoms with Crippen molar-refractivity contribution >= 4 is 37.4 Å². The Hall–Kier alpha value is -2.94. The molecule has 0 amide bonds. The van der Waals surface area contributed by atoms with Gasteiger partial charge in [-0.1, -0.05) is 145 Å². The lowest BCUT2D eigenvalue weighted by Gasteiger charge is -2.25. The maximum atomic E-state index is 3.70. The second kappa shape index (κ2) is 10.7. The van der Waals surface area contributed by atoms with Crippen LogP contribution in [0, 0.1) is 0 Å². The van der Waals surface area contributed by atoms with Gasteiger partial charge in [0.1, 0.15) is 0 Å². The first kappa shape index (κ1) is 28.2. The van der Waals surface area contributed by atoms with Crippen LogP contribution in [-0.2, 0) is 17.3 Å². The van der Waals surface area contributed by atoms with Gasteiger partial charge < -0.3 is 0 Å². The summed E-state index contributed by atoms with van der Waals surface area (Å²) in [6.45, 7) is 11.6. The highest BCUT2D eigenvalue weighted by Gasteiger charge is 2.29. The van der Waals surface area contributed by atoms with Gasteiger partial charge in [0, 0.05) is 20.3 Å². The molecule has 0 fully saturated rings. The summed E-state index contributed by atoms with van der Waals surface area (Å²) < 4.78 is 2.17. The zero-order chi connectivity index (χ0) is 28.9. The third-order valence-electron chi connectivity index (χ3n) is 8.55. The zero-order valence-corrected chi connectivity index (χ0v) is 27.6. The predicted molar refractivity (Wildman–Crippen MR) is 183 cm³/mol. The molecule has 0 heterocycles. The second-order valence-corrected chi connectivity index (χ2v) is 14.8.